The first-order chi connectivity index (χ1) is 13.4. The summed E-state index contributed by atoms with van der Waals surface area (Å²) >= 11 is 0. The van der Waals surface area contributed by atoms with Crippen molar-refractivity contribution in [1.29, 1.82) is 0 Å². The van der Waals surface area contributed by atoms with Crippen molar-refractivity contribution in [3.8, 4) is 0 Å². The van der Waals surface area contributed by atoms with Gasteiger partial charge in [-0.25, -0.2) is 4.79 Å². The molecule has 0 radical (unpaired) electrons. The number of benzene rings is 1. The van der Waals surface area contributed by atoms with Crippen LogP contribution in [0.3, 0.4) is 0 Å². The van der Waals surface area contributed by atoms with Crippen LogP contribution in [0.25, 0.3) is 0 Å². The largest absolute Gasteiger partial charge is 0.545 e. The molecular formula is C20H22N3O5-. The van der Waals surface area contributed by atoms with E-state index < -0.39 is 29.7 Å². The molecule has 28 heavy (non-hydrogen) atoms. The molecule has 0 spiro atoms. The van der Waals surface area contributed by atoms with Crippen molar-refractivity contribution in [1.82, 2.24) is 10.2 Å². The lowest BCUT2D eigenvalue weighted by Crippen LogP contribution is -2.61. The zero-order valence-electron chi connectivity index (χ0n) is 15.6. The summed E-state index contributed by atoms with van der Waals surface area (Å²) in [5.74, 6) is -3.78. The van der Waals surface area contributed by atoms with Crippen LogP contribution in [0.15, 0.2) is 36.0 Å². The lowest BCUT2D eigenvalue weighted by molar-refractivity contribution is -0.255. The number of hydrogen-bond acceptors (Lipinski definition) is 6. The van der Waals surface area contributed by atoms with E-state index in [4.69, 9.17) is 0 Å². The number of nitrogens with one attached hydrogen (secondary N) is 2. The molecule has 1 atom stereocenters. The number of allylic oxidation sites excluding steroid dienone is 1. The number of imide groups is 2. The highest BCUT2D eigenvalue weighted by molar-refractivity contribution is 6.18. The molecule has 8 heteroatoms. The van der Waals surface area contributed by atoms with Gasteiger partial charge in [0.2, 0.25) is 11.8 Å². The van der Waals surface area contributed by atoms with E-state index in [1.165, 1.54) is 23.1 Å². The molecule has 3 rings (SSSR count). The molecule has 2 aliphatic rings. The molecule has 1 aliphatic heterocycles. The predicted octanol–water partition coefficient (Wildman–Crippen LogP) is 1.39. The molecule has 1 heterocycles. The van der Waals surface area contributed by atoms with Crippen LogP contribution in [0.5, 0.6) is 0 Å². The standard InChI is InChI=1S/C20H23N3O5/c1-2-15(21-13-8-6-7-12(11-13)19(26)27)16-17(24)22-20(28)23(18(16)25)14-9-4-3-5-10-14/h2,6-8,11,14,16,21H,3-5,9-10H2,1H3,(H,26,27)(H,22,24,28)/p-1/b15-2+/t16-/m0/s1. The second kappa shape index (κ2) is 8.24. The fraction of sp³-hybridized carbons (Fsp3) is 0.400. The summed E-state index contributed by atoms with van der Waals surface area (Å²) in [6, 6.07) is 5.00. The number of aromatic carboxylic acids is 1. The molecule has 1 aromatic carbocycles. The molecule has 1 aliphatic carbocycles. The molecule has 2 N–H and O–H groups in total. The second-order valence-corrected chi connectivity index (χ2v) is 6.96. The molecule has 8 nitrogen and oxygen atoms in total. The highest BCUT2D eigenvalue weighted by Crippen LogP contribution is 2.28. The minimum atomic E-state index is -1.33. The summed E-state index contributed by atoms with van der Waals surface area (Å²) in [6.45, 7) is 1.66. The van der Waals surface area contributed by atoms with E-state index >= 15 is 0 Å². The van der Waals surface area contributed by atoms with Crippen molar-refractivity contribution in [2.24, 2.45) is 5.92 Å². The number of hydrogen-bond donors (Lipinski definition) is 2. The molecule has 0 aromatic heterocycles. The number of carboxylic acids is 1. The number of carboxylic acid groups (broad SMARTS) is 1. The van der Waals surface area contributed by atoms with Gasteiger partial charge >= 0.3 is 6.03 Å². The number of barbiturate groups is 1. The molecule has 4 amide bonds. The van der Waals surface area contributed by atoms with Crippen molar-refractivity contribution in [3.05, 3.63) is 41.6 Å². The molecule has 1 aromatic rings. The minimum absolute atomic E-state index is 0.0288. The Morgan fingerprint density at radius 1 is 1.21 bits per heavy atom. The smallest absolute Gasteiger partial charge is 0.331 e. The maximum atomic E-state index is 13.1. The highest BCUT2D eigenvalue weighted by Gasteiger charge is 2.45. The Hall–Kier alpha value is -3.16. The molecule has 0 bridgehead atoms. The molecular weight excluding hydrogens is 362 g/mol. The van der Waals surface area contributed by atoms with Gasteiger partial charge in [0, 0.05) is 17.4 Å². The van der Waals surface area contributed by atoms with Gasteiger partial charge in [0.05, 0.1) is 5.97 Å². The number of carbonyl (C=O) groups excluding carboxylic acids is 4. The quantitative estimate of drug-likeness (QED) is 0.741. The predicted molar refractivity (Wildman–Crippen MR) is 98.9 cm³/mol. The maximum Gasteiger partial charge on any atom is 0.331 e. The van der Waals surface area contributed by atoms with E-state index in [2.05, 4.69) is 10.6 Å². The van der Waals surface area contributed by atoms with Crippen LogP contribution in [0.2, 0.25) is 0 Å². The van der Waals surface area contributed by atoms with Crippen LogP contribution in [-0.2, 0) is 9.59 Å². The summed E-state index contributed by atoms with van der Waals surface area (Å²) in [6.07, 6.45) is 5.97. The SMILES string of the molecule is C/C=C(/Nc1cccc(C(=O)[O-])c1)[C@H]1C(=O)NC(=O)N(C2CCCCC2)C1=O. The molecule has 1 saturated carbocycles. The zero-order chi connectivity index (χ0) is 20.3. The van der Waals surface area contributed by atoms with Gasteiger partial charge < -0.3 is 15.2 Å². The molecule has 148 valence electrons. The Kier molecular flexibility index (Phi) is 5.77. The van der Waals surface area contributed by atoms with Gasteiger partial charge in [-0.3, -0.25) is 19.8 Å². The van der Waals surface area contributed by atoms with Crippen molar-refractivity contribution in [3.63, 3.8) is 0 Å². The number of urea groups is 1. The normalized spacial score (nSPS) is 21.5. The van der Waals surface area contributed by atoms with Crippen LogP contribution in [0, 0.1) is 5.92 Å². The third-order valence-electron chi connectivity index (χ3n) is 5.14. The van der Waals surface area contributed by atoms with Gasteiger partial charge in [-0.15, -0.1) is 0 Å². The molecule has 1 saturated heterocycles. The van der Waals surface area contributed by atoms with Crippen molar-refractivity contribution in [2.45, 2.75) is 45.1 Å². The summed E-state index contributed by atoms with van der Waals surface area (Å²) in [7, 11) is 0. The van der Waals surface area contributed by atoms with Gasteiger partial charge in [0.15, 0.2) is 5.92 Å². The zero-order valence-corrected chi connectivity index (χ0v) is 15.6. The van der Waals surface area contributed by atoms with Gasteiger partial charge in [-0.05, 0) is 37.5 Å². The Labute approximate surface area is 162 Å². The van der Waals surface area contributed by atoms with Gasteiger partial charge in [-0.2, -0.15) is 0 Å². The van der Waals surface area contributed by atoms with Crippen LogP contribution in [-0.4, -0.2) is 34.8 Å². The van der Waals surface area contributed by atoms with E-state index in [1.54, 1.807) is 19.1 Å². The third-order valence-corrected chi connectivity index (χ3v) is 5.14. The van der Waals surface area contributed by atoms with Crippen molar-refractivity contribution in [2.75, 3.05) is 5.32 Å². The summed E-state index contributed by atoms with van der Waals surface area (Å²) < 4.78 is 0. The lowest BCUT2D eigenvalue weighted by Gasteiger charge is -2.38. The van der Waals surface area contributed by atoms with E-state index in [0.29, 0.717) is 5.69 Å². The topological polar surface area (TPSA) is 119 Å². The fourth-order valence-electron chi connectivity index (χ4n) is 3.75. The Morgan fingerprint density at radius 2 is 1.93 bits per heavy atom. The fourth-order valence-corrected chi connectivity index (χ4v) is 3.75. The van der Waals surface area contributed by atoms with E-state index in [9.17, 15) is 24.3 Å². The van der Waals surface area contributed by atoms with E-state index in [-0.39, 0.29) is 17.3 Å². The third kappa shape index (κ3) is 3.90. The monoisotopic (exact) mass is 384 g/mol. The van der Waals surface area contributed by atoms with Crippen LogP contribution < -0.4 is 15.7 Å². The minimum Gasteiger partial charge on any atom is -0.545 e. The van der Waals surface area contributed by atoms with Crippen LogP contribution in [0.4, 0.5) is 10.5 Å². The molecule has 0 unspecified atom stereocenters. The first-order valence-corrected chi connectivity index (χ1v) is 9.35. The Morgan fingerprint density at radius 3 is 2.57 bits per heavy atom. The second-order valence-electron chi connectivity index (χ2n) is 6.96. The van der Waals surface area contributed by atoms with Gasteiger partial charge in [0.1, 0.15) is 0 Å². The van der Waals surface area contributed by atoms with Crippen molar-refractivity contribution < 1.29 is 24.3 Å². The summed E-state index contributed by atoms with van der Waals surface area (Å²) in [4.78, 5) is 50.1. The number of amides is 4. The lowest BCUT2D eigenvalue weighted by atomic mass is 9.91. The van der Waals surface area contributed by atoms with Gasteiger partial charge in [0.25, 0.3) is 0 Å². The first-order valence-electron chi connectivity index (χ1n) is 9.35. The number of nitrogens with zero attached hydrogens (tertiary/aromatic N) is 1. The van der Waals surface area contributed by atoms with E-state index in [1.807, 2.05) is 0 Å². The van der Waals surface area contributed by atoms with Gasteiger partial charge in [-0.1, -0.05) is 37.5 Å². The average Bonchev–Trinajstić information content (AvgIpc) is 2.67. The summed E-state index contributed by atoms with van der Waals surface area (Å²) in [5, 5.41) is 16.3. The number of anilines is 1. The van der Waals surface area contributed by atoms with Crippen molar-refractivity contribution >= 4 is 29.5 Å². The Bertz CT molecular complexity index is 842. The molecule has 2 fully saturated rings. The number of carbonyl (C=O) groups is 4. The Balaban J connectivity index is 1.85. The number of rotatable bonds is 5. The first kappa shape index (κ1) is 19.6. The van der Waals surface area contributed by atoms with Crippen LogP contribution in [0.1, 0.15) is 49.4 Å². The average molecular weight is 384 g/mol. The highest BCUT2D eigenvalue weighted by atomic mass is 16.4. The van der Waals surface area contributed by atoms with Crippen LogP contribution >= 0.6 is 0 Å². The summed E-state index contributed by atoms with van der Waals surface area (Å²) in [5.41, 5.74) is 0.654. The maximum absolute atomic E-state index is 13.1. The van der Waals surface area contributed by atoms with E-state index in [0.717, 1.165) is 32.1 Å².